The van der Waals surface area contributed by atoms with Crippen molar-refractivity contribution in [3.63, 3.8) is 0 Å². The Morgan fingerprint density at radius 1 is 1.60 bits per heavy atom. The van der Waals surface area contributed by atoms with Crippen LogP contribution in [0.3, 0.4) is 0 Å². The molecule has 84 valence electrons. The summed E-state index contributed by atoms with van der Waals surface area (Å²) >= 11 is 4.94. The molecule has 1 atom stereocenters. The van der Waals surface area contributed by atoms with Gasteiger partial charge in [0.15, 0.2) is 5.78 Å². The summed E-state index contributed by atoms with van der Waals surface area (Å²) < 4.78 is 6.51. The minimum Gasteiger partial charge on any atom is -0.365 e. The predicted octanol–water partition coefficient (Wildman–Crippen LogP) is 3.96. The minimum atomic E-state index is -0.369. The molecule has 0 saturated carbocycles. The first kappa shape index (κ1) is 12.9. The van der Waals surface area contributed by atoms with Gasteiger partial charge in [0.1, 0.15) is 6.10 Å². The van der Waals surface area contributed by atoms with Crippen LogP contribution in [-0.4, -0.2) is 12.4 Å². The van der Waals surface area contributed by atoms with Gasteiger partial charge in [0, 0.05) is 27.8 Å². The van der Waals surface area contributed by atoms with Crippen LogP contribution in [0.2, 0.25) is 0 Å². The highest BCUT2D eigenvalue weighted by Crippen LogP contribution is 2.29. The van der Waals surface area contributed by atoms with E-state index < -0.39 is 0 Å². The molecule has 1 aromatic heterocycles. The van der Waals surface area contributed by atoms with Gasteiger partial charge in [0.25, 0.3) is 0 Å². The van der Waals surface area contributed by atoms with Gasteiger partial charge >= 0.3 is 0 Å². The van der Waals surface area contributed by atoms with Crippen molar-refractivity contribution in [3.8, 4) is 0 Å². The normalized spacial score (nSPS) is 12.7. The number of hydrogen-bond donors (Lipinski definition) is 0. The largest absolute Gasteiger partial charge is 0.365 e. The maximum atomic E-state index is 11.8. The lowest BCUT2D eigenvalue weighted by molar-refractivity contribution is -0.130. The van der Waals surface area contributed by atoms with Crippen molar-refractivity contribution >= 4 is 33.0 Å². The number of Topliss-reactive ketones (excluding diaryl/α,β-unsaturated/α-hetero) is 1. The van der Waals surface area contributed by atoms with Crippen molar-refractivity contribution < 1.29 is 9.53 Å². The molecule has 0 aliphatic carbocycles. The summed E-state index contributed by atoms with van der Waals surface area (Å²) in [6.07, 6.45) is 1.08. The second-order valence-corrected chi connectivity index (χ2v) is 5.08. The van der Waals surface area contributed by atoms with E-state index in [0.29, 0.717) is 13.0 Å². The summed E-state index contributed by atoms with van der Waals surface area (Å²) in [6.45, 7) is 4.48. The number of hydrogen-bond acceptors (Lipinski definition) is 3. The Labute approximate surface area is 103 Å². The highest BCUT2D eigenvalue weighted by molar-refractivity contribution is 9.10. The fourth-order valence-corrected chi connectivity index (χ4v) is 2.86. The zero-order valence-electron chi connectivity index (χ0n) is 8.96. The monoisotopic (exact) mass is 290 g/mol. The number of carbonyl (C=O) groups is 1. The lowest BCUT2D eigenvalue weighted by Gasteiger charge is -2.13. The Morgan fingerprint density at radius 2 is 2.33 bits per heavy atom. The van der Waals surface area contributed by atoms with Gasteiger partial charge in [-0.25, -0.2) is 0 Å². The summed E-state index contributed by atoms with van der Waals surface area (Å²) in [5, 5.41) is 1.97. The van der Waals surface area contributed by atoms with Crippen molar-refractivity contribution in [2.24, 2.45) is 0 Å². The van der Waals surface area contributed by atoms with E-state index in [1.165, 1.54) is 0 Å². The molecule has 1 unspecified atom stereocenters. The number of ketones is 1. The maximum absolute atomic E-state index is 11.8. The third-order valence-corrected chi connectivity index (χ3v) is 3.71. The van der Waals surface area contributed by atoms with E-state index in [0.717, 1.165) is 15.8 Å². The molecule has 4 heteroatoms. The van der Waals surface area contributed by atoms with Crippen LogP contribution in [0.15, 0.2) is 15.9 Å². The molecule has 0 amide bonds. The first-order valence-electron chi connectivity index (χ1n) is 5.07. The molecule has 0 radical (unpaired) electrons. The van der Waals surface area contributed by atoms with Crippen molar-refractivity contribution in [2.45, 2.75) is 32.8 Å². The second kappa shape index (κ2) is 6.40. The Kier molecular flexibility index (Phi) is 5.50. The topological polar surface area (TPSA) is 26.3 Å². The van der Waals surface area contributed by atoms with Gasteiger partial charge in [-0.3, -0.25) is 4.79 Å². The highest BCUT2D eigenvalue weighted by atomic mass is 79.9. The average Bonchev–Trinajstić information content (AvgIpc) is 2.61. The first-order chi connectivity index (χ1) is 7.19. The zero-order chi connectivity index (χ0) is 11.3. The van der Waals surface area contributed by atoms with Crippen molar-refractivity contribution in [2.75, 3.05) is 6.61 Å². The lowest BCUT2D eigenvalue weighted by atomic mass is 10.1. The standard InChI is InChI=1S/C11H15BrO2S/c1-3-5-9(13)11(14-4-2)10-6-8(12)7-15-10/h6-7,11H,3-5H2,1-2H3. The smallest absolute Gasteiger partial charge is 0.166 e. The Bertz CT molecular complexity index is 322. The number of rotatable bonds is 6. The van der Waals surface area contributed by atoms with E-state index in [-0.39, 0.29) is 11.9 Å². The number of ether oxygens (including phenoxy) is 1. The molecule has 1 rings (SSSR count). The van der Waals surface area contributed by atoms with E-state index >= 15 is 0 Å². The fraction of sp³-hybridized carbons (Fsp3) is 0.545. The summed E-state index contributed by atoms with van der Waals surface area (Å²) in [5.74, 6) is 0.175. The predicted molar refractivity (Wildman–Crippen MR) is 66.3 cm³/mol. The molecule has 1 heterocycles. The summed E-state index contributed by atoms with van der Waals surface area (Å²) in [6, 6.07) is 1.96. The van der Waals surface area contributed by atoms with Gasteiger partial charge in [0.2, 0.25) is 0 Å². The van der Waals surface area contributed by atoms with E-state index in [4.69, 9.17) is 4.74 Å². The summed E-state index contributed by atoms with van der Waals surface area (Å²) in [7, 11) is 0. The van der Waals surface area contributed by atoms with Crippen LogP contribution in [-0.2, 0) is 9.53 Å². The van der Waals surface area contributed by atoms with Gasteiger partial charge in [-0.15, -0.1) is 11.3 Å². The molecule has 0 bridgehead atoms. The van der Waals surface area contributed by atoms with Gasteiger partial charge in [-0.05, 0) is 35.3 Å². The number of halogens is 1. The molecule has 0 spiro atoms. The third kappa shape index (κ3) is 3.70. The molecule has 2 nitrogen and oxygen atoms in total. The lowest BCUT2D eigenvalue weighted by Crippen LogP contribution is -2.14. The van der Waals surface area contributed by atoms with Crippen LogP contribution in [0.5, 0.6) is 0 Å². The molecule has 0 aliphatic heterocycles. The Morgan fingerprint density at radius 3 is 2.80 bits per heavy atom. The highest BCUT2D eigenvalue weighted by Gasteiger charge is 2.21. The van der Waals surface area contributed by atoms with E-state index in [9.17, 15) is 4.79 Å². The van der Waals surface area contributed by atoms with E-state index in [2.05, 4.69) is 15.9 Å². The third-order valence-electron chi connectivity index (χ3n) is 1.97. The van der Waals surface area contributed by atoms with Crippen LogP contribution >= 0.6 is 27.3 Å². The van der Waals surface area contributed by atoms with Gasteiger partial charge in [0.05, 0.1) is 0 Å². The second-order valence-electron chi connectivity index (χ2n) is 3.22. The molecule has 0 aromatic carbocycles. The SMILES string of the molecule is CCCC(=O)C(OCC)c1cc(Br)cs1. The fourth-order valence-electron chi connectivity index (χ4n) is 1.34. The van der Waals surface area contributed by atoms with Crippen LogP contribution in [0.4, 0.5) is 0 Å². The molecule has 1 aromatic rings. The molecule has 15 heavy (non-hydrogen) atoms. The van der Waals surface area contributed by atoms with Crippen LogP contribution in [0, 0.1) is 0 Å². The molecular formula is C11H15BrO2S. The quantitative estimate of drug-likeness (QED) is 0.793. The molecule has 0 N–H and O–H groups in total. The van der Waals surface area contributed by atoms with Gasteiger partial charge in [-0.1, -0.05) is 6.92 Å². The zero-order valence-corrected chi connectivity index (χ0v) is 11.4. The minimum absolute atomic E-state index is 0.175. The van der Waals surface area contributed by atoms with Crippen molar-refractivity contribution in [1.82, 2.24) is 0 Å². The average molecular weight is 291 g/mol. The molecular weight excluding hydrogens is 276 g/mol. The van der Waals surface area contributed by atoms with Crippen LogP contribution in [0.1, 0.15) is 37.7 Å². The maximum Gasteiger partial charge on any atom is 0.166 e. The summed E-state index contributed by atoms with van der Waals surface area (Å²) in [5.41, 5.74) is 0. The van der Waals surface area contributed by atoms with Gasteiger partial charge < -0.3 is 4.74 Å². The van der Waals surface area contributed by atoms with Crippen LogP contribution < -0.4 is 0 Å². The van der Waals surface area contributed by atoms with Crippen molar-refractivity contribution in [1.29, 1.82) is 0 Å². The number of carbonyl (C=O) groups excluding carboxylic acids is 1. The van der Waals surface area contributed by atoms with E-state index in [1.54, 1.807) is 11.3 Å². The van der Waals surface area contributed by atoms with Gasteiger partial charge in [-0.2, -0.15) is 0 Å². The van der Waals surface area contributed by atoms with Crippen LogP contribution in [0.25, 0.3) is 0 Å². The Hall–Kier alpha value is -0.190. The molecule has 0 fully saturated rings. The molecule has 0 aliphatic rings. The van der Waals surface area contributed by atoms with E-state index in [1.807, 2.05) is 25.3 Å². The van der Waals surface area contributed by atoms with Crippen molar-refractivity contribution in [3.05, 3.63) is 20.8 Å². The first-order valence-corrected chi connectivity index (χ1v) is 6.74. The summed E-state index contributed by atoms with van der Waals surface area (Å²) in [4.78, 5) is 12.8. The molecule has 0 saturated heterocycles. The number of thiophene rings is 1. The Balaban J connectivity index is 2.77.